The number of halogens is 2. The fourth-order valence-corrected chi connectivity index (χ4v) is 6.42. The summed E-state index contributed by atoms with van der Waals surface area (Å²) in [6.07, 6.45) is 5.31. The molecule has 1 amide bonds. The van der Waals surface area contributed by atoms with Gasteiger partial charge in [0.25, 0.3) is 5.91 Å². The molecule has 0 fully saturated rings. The first-order valence-electron chi connectivity index (χ1n) is 12.2. The number of aliphatic imine (C=N–C) groups is 1. The van der Waals surface area contributed by atoms with Crippen molar-refractivity contribution in [1.82, 2.24) is 10.3 Å². The number of hydrogen-bond donors (Lipinski definition) is 2. The molecular formula is C29H23ClFN3O5S. The summed E-state index contributed by atoms with van der Waals surface area (Å²) in [5.74, 6) is -1.09. The number of H-pyrrole nitrogens is 1. The molecule has 0 saturated carbocycles. The van der Waals surface area contributed by atoms with Gasteiger partial charge < -0.3 is 15.0 Å². The van der Waals surface area contributed by atoms with Gasteiger partial charge >= 0.3 is 0 Å². The maximum Gasteiger partial charge on any atom is 0.257 e. The second-order valence-corrected chi connectivity index (χ2v) is 11.7. The number of nitrogens with one attached hydrogen (secondary N) is 2. The minimum absolute atomic E-state index is 0.00658. The highest BCUT2D eigenvalue weighted by Crippen LogP contribution is 2.37. The van der Waals surface area contributed by atoms with Gasteiger partial charge in [-0.3, -0.25) is 14.6 Å². The van der Waals surface area contributed by atoms with Crippen LogP contribution in [0.3, 0.4) is 0 Å². The van der Waals surface area contributed by atoms with Crippen molar-refractivity contribution in [3.63, 3.8) is 0 Å². The molecule has 1 aliphatic rings. The third kappa shape index (κ3) is 5.28. The molecule has 11 heteroatoms. The number of hydrogen-bond acceptors (Lipinski definition) is 6. The van der Waals surface area contributed by atoms with Crippen molar-refractivity contribution in [2.75, 3.05) is 6.61 Å². The topological polar surface area (TPSA) is 118 Å². The number of sulfone groups is 1. The first-order chi connectivity index (χ1) is 19.2. The Labute approximate surface area is 234 Å². The van der Waals surface area contributed by atoms with Gasteiger partial charge in [-0.1, -0.05) is 41.9 Å². The van der Waals surface area contributed by atoms with Crippen LogP contribution in [0.15, 0.2) is 99.8 Å². The van der Waals surface area contributed by atoms with Crippen LogP contribution >= 0.6 is 11.6 Å². The van der Waals surface area contributed by atoms with Gasteiger partial charge in [0.15, 0.2) is 4.87 Å². The normalized spacial score (nSPS) is 16.4. The number of nitrogens with zero attached hydrogens (tertiary/aromatic N) is 1. The smallest absolute Gasteiger partial charge is 0.257 e. The second kappa shape index (κ2) is 11.1. The van der Waals surface area contributed by atoms with Crippen molar-refractivity contribution in [2.45, 2.75) is 22.7 Å². The van der Waals surface area contributed by atoms with Crippen LogP contribution in [0.2, 0.25) is 5.02 Å². The Balaban J connectivity index is 1.46. The van der Waals surface area contributed by atoms with Gasteiger partial charge in [0.05, 0.1) is 22.4 Å². The molecule has 0 aliphatic carbocycles. The molecule has 1 aliphatic heterocycles. The number of amides is 1. The van der Waals surface area contributed by atoms with E-state index < -0.39 is 36.8 Å². The van der Waals surface area contributed by atoms with Gasteiger partial charge in [0.2, 0.25) is 15.3 Å². The monoisotopic (exact) mass is 579 g/mol. The second-order valence-electron chi connectivity index (χ2n) is 9.06. The number of allylic oxidation sites excluding steroid dienone is 1. The van der Waals surface area contributed by atoms with Crippen LogP contribution in [0.5, 0.6) is 5.75 Å². The summed E-state index contributed by atoms with van der Waals surface area (Å²) in [4.78, 5) is 30.8. The Bertz CT molecular complexity index is 1790. The Morgan fingerprint density at radius 2 is 1.85 bits per heavy atom. The molecule has 1 aromatic heterocycles. The van der Waals surface area contributed by atoms with Crippen molar-refractivity contribution in [2.24, 2.45) is 4.99 Å². The van der Waals surface area contributed by atoms with E-state index in [4.69, 9.17) is 16.3 Å². The maximum absolute atomic E-state index is 14.8. The molecule has 5 rings (SSSR count). The molecule has 8 nitrogen and oxygen atoms in total. The molecule has 2 N–H and O–H groups in total. The maximum atomic E-state index is 14.8. The lowest BCUT2D eigenvalue weighted by molar-refractivity contribution is 0.0949. The molecule has 0 saturated heterocycles. The van der Waals surface area contributed by atoms with Gasteiger partial charge in [-0.2, -0.15) is 0 Å². The van der Waals surface area contributed by atoms with Gasteiger partial charge in [-0.15, -0.1) is 0 Å². The lowest BCUT2D eigenvalue weighted by atomic mass is 10.1. The van der Waals surface area contributed by atoms with Gasteiger partial charge in [0.1, 0.15) is 17.1 Å². The average Bonchev–Trinajstić information content (AvgIpc) is 3.44. The molecule has 204 valence electrons. The minimum Gasteiger partial charge on any atom is -0.493 e. The Morgan fingerprint density at radius 1 is 1.10 bits per heavy atom. The van der Waals surface area contributed by atoms with Crippen LogP contribution in [0, 0.1) is 5.82 Å². The highest BCUT2D eigenvalue weighted by molar-refractivity contribution is 7.93. The molecule has 4 aromatic rings. The number of aromatic amines is 1. The summed E-state index contributed by atoms with van der Waals surface area (Å²) in [5.41, 5.74) is -0.481. The number of fused-ring (bicyclic) bond motifs is 1. The summed E-state index contributed by atoms with van der Waals surface area (Å²) in [7, 11) is -4.39. The molecular weight excluding hydrogens is 557 g/mol. The number of carbonyl (C=O) groups is 1. The van der Waals surface area contributed by atoms with Crippen molar-refractivity contribution in [3.05, 3.63) is 117 Å². The Kier molecular flexibility index (Phi) is 7.55. The van der Waals surface area contributed by atoms with Crippen LogP contribution in [0.1, 0.15) is 22.3 Å². The molecule has 2 heterocycles. The van der Waals surface area contributed by atoms with Crippen LogP contribution < -0.4 is 15.5 Å². The molecule has 0 spiro atoms. The van der Waals surface area contributed by atoms with E-state index in [-0.39, 0.29) is 36.0 Å². The number of pyridine rings is 1. The summed E-state index contributed by atoms with van der Waals surface area (Å²) in [6.45, 7) is 0.126. The van der Waals surface area contributed by atoms with Crippen molar-refractivity contribution in [1.29, 1.82) is 0 Å². The lowest BCUT2D eigenvalue weighted by Crippen LogP contribution is -2.36. The van der Waals surface area contributed by atoms with Crippen molar-refractivity contribution < 1.29 is 22.3 Å². The van der Waals surface area contributed by atoms with Gasteiger partial charge in [-0.05, 0) is 54.1 Å². The van der Waals surface area contributed by atoms with Gasteiger partial charge in [-0.25, -0.2) is 12.8 Å². The van der Waals surface area contributed by atoms with Crippen molar-refractivity contribution in [3.8, 4) is 5.75 Å². The zero-order valence-electron chi connectivity index (χ0n) is 20.9. The minimum atomic E-state index is -4.39. The summed E-state index contributed by atoms with van der Waals surface area (Å²) in [5, 5.41) is 2.89. The largest absolute Gasteiger partial charge is 0.493 e. The highest BCUT2D eigenvalue weighted by Gasteiger charge is 2.45. The number of rotatable bonds is 9. The zero-order chi connectivity index (χ0) is 28.3. The van der Waals surface area contributed by atoms with E-state index in [2.05, 4.69) is 15.3 Å². The van der Waals surface area contributed by atoms with E-state index in [0.29, 0.717) is 10.8 Å². The molecule has 1 unspecified atom stereocenters. The summed E-state index contributed by atoms with van der Waals surface area (Å²) >= 11 is 5.88. The molecule has 3 aromatic carbocycles. The Morgan fingerprint density at radius 3 is 2.55 bits per heavy atom. The molecule has 0 bridgehead atoms. The van der Waals surface area contributed by atoms with Gasteiger partial charge in [0, 0.05) is 30.4 Å². The zero-order valence-corrected chi connectivity index (χ0v) is 22.5. The summed E-state index contributed by atoms with van der Waals surface area (Å²) < 4.78 is 48.5. The average molecular weight is 580 g/mol. The van der Waals surface area contributed by atoms with E-state index in [1.165, 1.54) is 18.4 Å². The van der Waals surface area contributed by atoms with Crippen molar-refractivity contribution >= 4 is 44.5 Å². The Hall–Kier alpha value is -4.28. The van der Waals surface area contributed by atoms with E-state index in [1.54, 1.807) is 48.5 Å². The van der Waals surface area contributed by atoms with E-state index in [0.717, 1.165) is 23.9 Å². The highest BCUT2D eigenvalue weighted by atomic mass is 35.5. The third-order valence-corrected chi connectivity index (χ3v) is 9.02. The van der Waals surface area contributed by atoms with E-state index in [1.807, 2.05) is 6.07 Å². The molecule has 1 atom stereocenters. The predicted molar refractivity (Wildman–Crippen MR) is 151 cm³/mol. The van der Waals surface area contributed by atoms with Crippen LogP contribution in [-0.2, 0) is 16.4 Å². The number of benzene rings is 3. The van der Waals surface area contributed by atoms with E-state index >= 15 is 0 Å². The van der Waals surface area contributed by atoms with Crippen LogP contribution in [-0.4, -0.2) is 37.0 Å². The molecule has 40 heavy (non-hydrogen) atoms. The standard InChI is InChI=1S/C29H23ClFN3O5S/c30-20-9-7-19(8-10-20)17-33-28(36)24-18-32-26-23(27(24)35)15-21(31)16-25(26)40(37,38)29(11-4-13-34-29)12-14-39-22-5-2-1-3-6-22/h1-11,13,15-16,18H,12,14,17H2,(H,32,35)(H,33,36). The number of para-hydroxylation sites is 1. The summed E-state index contributed by atoms with van der Waals surface area (Å²) in [6, 6.07) is 17.4. The number of ether oxygens (including phenoxy) is 1. The van der Waals surface area contributed by atoms with E-state index in [9.17, 15) is 22.4 Å². The first kappa shape index (κ1) is 27.3. The van der Waals surface area contributed by atoms with Crippen LogP contribution in [0.25, 0.3) is 10.9 Å². The number of carbonyl (C=O) groups excluding carboxylic acids is 1. The first-order valence-corrected chi connectivity index (χ1v) is 14.1. The SMILES string of the molecule is O=C(NCc1ccc(Cl)cc1)c1c[nH]c2c(S(=O)(=O)C3(CCOc4ccccc4)C=CC=N3)cc(F)cc2c1=O. The van der Waals surface area contributed by atoms with Crippen LogP contribution in [0.4, 0.5) is 4.39 Å². The predicted octanol–water partition coefficient (Wildman–Crippen LogP) is 4.83. The quantitative estimate of drug-likeness (QED) is 0.294. The number of aromatic nitrogens is 1. The fourth-order valence-electron chi connectivity index (χ4n) is 4.39. The lowest BCUT2D eigenvalue weighted by Gasteiger charge is -2.25. The third-order valence-electron chi connectivity index (χ3n) is 6.49. The molecule has 0 radical (unpaired) electrons. The fraction of sp³-hybridized carbons (Fsp3) is 0.138.